The van der Waals surface area contributed by atoms with Gasteiger partial charge in [0.25, 0.3) is 0 Å². The molecule has 96 valence electrons. The largest absolute Gasteiger partial charge is 0.305 e. The summed E-state index contributed by atoms with van der Waals surface area (Å²) >= 11 is 10.9. The summed E-state index contributed by atoms with van der Waals surface area (Å²) in [6.07, 6.45) is 3.79. The number of aryl methyl sites for hydroxylation is 1. The summed E-state index contributed by atoms with van der Waals surface area (Å²) < 4.78 is 2.49. The molecule has 2 heterocycles. The fraction of sp³-hybridized carbons (Fsp3) is 0.385. The van der Waals surface area contributed by atoms with Crippen molar-refractivity contribution < 1.29 is 0 Å². The summed E-state index contributed by atoms with van der Waals surface area (Å²) in [4.78, 5) is 2.94. The van der Waals surface area contributed by atoms with E-state index in [1.165, 1.54) is 38.0 Å². The highest BCUT2D eigenvalue weighted by Gasteiger charge is 2.22. The number of rotatable bonds is 3. The van der Waals surface area contributed by atoms with Crippen LogP contribution in [0.15, 0.2) is 25.8 Å². The van der Waals surface area contributed by atoms with Crippen molar-refractivity contribution in [3.8, 4) is 0 Å². The van der Waals surface area contributed by atoms with Crippen molar-refractivity contribution in [1.82, 2.24) is 5.32 Å². The molecule has 1 nitrogen and oxygen atoms in total. The molecular formula is C13H13Br2NS2. The van der Waals surface area contributed by atoms with Gasteiger partial charge >= 0.3 is 0 Å². The third-order valence-electron chi connectivity index (χ3n) is 3.28. The second kappa shape index (κ2) is 5.75. The maximum Gasteiger partial charge on any atom is 0.0704 e. The van der Waals surface area contributed by atoms with Crippen molar-refractivity contribution in [3.63, 3.8) is 0 Å². The topological polar surface area (TPSA) is 12.0 Å². The van der Waals surface area contributed by atoms with Crippen LogP contribution in [-0.4, -0.2) is 0 Å². The Kier molecular flexibility index (Phi) is 4.25. The third-order valence-corrected chi connectivity index (χ3v) is 6.92. The molecule has 0 radical (unpaired) electrons. The van der Waals surface area contributed by atoms with Gasteiger partial charge < -0.3 is 5.32 Å². The average Bonchev–Trinajstić information content (AvgIpc) is 2.91. The van der Waals surface area contributed by atoms with Crippen LogP contribution in [0.1, 0.15) is 34.2 Å². The van der Waals surface area contributed by atoms with Gasteiger partial charge in [-0.2, -0.15) is 0 Å². The molecule has 0 saturated carbocycles. The van der Waals surface area contributed by atoms with Crippen molar-refractivity contribution in [2.75, 3.05) is 0 Å². The Hall–Kier alpha value is 0.320. The molecule has 0 spiro atoms. The van der Waals surface area contributed by atoms with Gasteiger partial charge in [0.2, 0.25) is 0 Å². The van der Waals surface area contributed by atoms with Gasteiger partial charge in [-0.1, -0.05) is 0 Å². The molecule has 1 aliphatic carbocycles. The van der Waals surface area contributed by atoms with Crippen LogP contribution >= 0.6 is 54.5 Å². The number of fused-ring (bicyclic) bond motifs is 1. The van der Waals surface area contributed by atoms with Gasteiger partial charge in [-0.25, -0.2) is 0 Å². The maximum atomic E-state index is 3.70. The number of nitrogens with one attached hydrogen (secondary N) is 1. The van der Waals surface area contributed by atoms with Crippen LogP contribution in [0.3, 0.4) is 0 Å². The summed E-state index contributed by atoms with van der Waals surface area (Å²) in [6, 6.07) is 4.93. The first-order chi connectivity index (χ1) is 8.74. The van der Waals surface area contributed by atoms with Crippen molar-refractivity contribution >= 4 is 54.5 Å². The zero-order valence-electron chi connectivity index (χ0n) is 9.71. The van der Waals surface area contributed by atoms with Gasteiger partial charge in [-0.05, 0) is 74.2 Å². The van der Waals surface area contributed by atoms with Crippen LogP contribution in [0.5, 0.6) is 0 Å². The van der Waals surface area contributed by atoms with Gasteiger partial charge in [-0.15, -0.1) is 22.7 Å². The number of hydrogen-bond acceptors (Lipinski definition) is 3. The highest BCUT2D eigenvalue weighted by Crippen LogP contribution is 2.38. The Morgan fingerprint density at radius 1 is 1.39 bits per heavy atom. The summed E-state index contributed by atoms with van der Waals surface area (Å²) in [7, 11) is 0. The zero-order valence-corrected chi connectivity index (χ0v) is 14.5. The standard InChI is InChI=1S/C13H13Br2NS2/c14-9-4-5-17-12(9)7-16-10-2-1-3-11-8(10)6-13(15)18-11/h4-6,10,16H,1-3,7H2. The second-order valence-corrected chi connectivity index (χ2v) is 8.82. The van der Waals surface area contributed by atoms with E-state index in [1.807, 2.05) is 22.7 Å². The van der Waals surface area contributed by atoms with Crippen molar-refractivity contribution in [1.29, 1.82) is 0 Å². The molecule has 0 aliphatic heterocycles. The van der Waals surface area contributed by atoms with Crippen LogP contribution in [0.25, 0.3) is 0 Å². The molecule has 0 amide bonds. The molecule has 1 N–H and O–H groups in total. The zero-order chi connectivity index (χ0) is 12.5. The number of hydrogen-bond donors (Lipinski definition) is 1. The first-order valence-electron chi connectivity index (χ1n) is 5.97. The van der Waals surface area contributed by atoms with Crippen molar-refractivity contribution in [2.24, 2.45) is 0 Å². The molecule has 5 heteroatoms. The van der Waals surface area contributed by atoms with Crippen LogP contribution in [-0.2, 0) is 13.0 Å². The van der Waals surface area contributed by atoms with E-state index < -0.39 is 0 Å². The Balaban J connectivity index is 1.73. The molecule has 1 aliphatic rings. The molecule has 3 rings (SSSR count). The molecule has 1 atom stereocenters. The van der Waals surface area contributed by atoms with E-state index in [0.717, 1.165) is 6.54 Å². The lowest BCUT2D eigenvalue weighted by Crippen LogP contribution is -2.23. The van der Waals surface area contributed by atoms with E-state index in [4.69, 9.17) is 0 Å². The minimum atomic E-state index is 0.519. The van der Waals surface area contributed by atoms with Crippen LogP contribution in [0.2, 0.25) is 0 Å². The van der Waals surface area contributed by atoms with E-state index in [1.54, 1.807) is 4.88 Å². The Labute approximate surface area is 132 Å². The molecule has 2 aromatic heterocycles. The average molecular weight is 407 g/mol. The maximum absolute atomic E-state index is 3.70. The van der Waals surface area contributed by atoms with Crippen LogP contribution in [0, 0.1) is 0 Å². The molecule has 18 heavy (non-hydrogen) atoms. The van der Waals surface area contributed by atoms with Gasteiger partial charge in [0, 0.05) is 26.8 Å². The van der Waals surface area contributed by atoms with E-state index in [9.17, 15) is 0 Å². The predicted molar refractivity (Wildman–Crippen MR) is 86.6 cm³/mol. The third kappa shape index (κ3) is 2.75. The SMILES string of the molecule is Brc1cc2c(s1)CCCC2NCc1sccc1Br. The summed E-state index contributed by atoms with van der Waals surface area (Å²) in [5.74, 6) is 0. The lowest BCUT2D eigenvalue weighted by Gasteiger charge is -2.23. The fourth-order valence-electron chi connectivity index (χ4n) is 2.40. The van der Waals surface area contributed by atoms with Crippen molar-refractivity contribution in [2.45, 2.75) is 31.8 Å². The summed E-state index contributed by atoms with van der Waals surface area (Å²) in [5.41, 5.74) is 1.51. The van der Waals surface area contributed by atoms with Gasteiger partial charge in [0.15, 0.2) is 0 Å². The first-order valence-corrected chi connectivity index (χ1v) is 9.25. The monoisotopic (exact) mass is 405 g/mol. The highest BCUT2D eigenvalue weighted by atomic mass is 79.9. The van der Waals surface area contributed by atoms with Crippen molar-refractivity contribution in [3.05, 3.63) is 41.1 Å². The van der Waals surface area contributed by atoms with Crippen LogP contribution in [0.4, 0.5) is 0 Å². The lowest BCUT2D eigenvalue weighted by atomic mass is 9.94. The normalized spacial score (nSPS) is 18.9. The Morgan fingerprint density at radius 2 is 2.28 bits per heavy atom. The minimum Gasteiger partial charge on any atom is -0.305 e. The Bertz CT molecular complexity index is 547. The smallest absolute Gasteiger partial charge is 0.0704 e. The lowest BCUT2D eigenvalue weighted by molar-refractivity contribution is 0.464. The highest BCUT2D eigenvalue weighted by molar-refractivity contribution is 9.11. The minimum absolute atomic E-state index is 0.519. The van der Waals surface area contributed by atoms with E-state index in [-0.39, 0.29) is 0 Å². The summed E-state index contributed by atoms with van der Waals surface area (Å²) in [5, 5.41) is 5.83. The molecule has 2 aromatic rings. The molecule has 0 bridgehead atoms. The summed E-state index contributed by atoms with van der Waals surface area (Å²) in [6.45, 7) is 0.954. The molecule has 0 saturated heterocycles. The van der Waals surface area contributed by atoms with Gasteiger partial charge in [0.05, 0.1) is 3.79 Å². The second-order valence-electron chi connectivity index (χ2n) is 4.45. The van der Waals surface area contributed by atoms with Gasteiger partial charge in [-0.3, -0.25) is 0 Å². The van der Waals surface area contributed by atoms with Crippen LogP contribution < -0.4 is 5.32 Å². The number of thiophene rings is 2. The first kappa shape index (κ1) is 13.3. The van der Waals surface area contributed by atoms with Gasteiger partial charge in [0.1, 0.15) is 0 Å². The van der Waals surface area contributed by atoms with E-state index >= 15 is 0 Å². The van der Waals surface area contributed by atoms with E-state index in [2.05, 4.69) is 54.7 Å². The molecule has 1 unspecified atom stereocenters. The predicted octanol–water partition coefficient (Wildman–Crippen LogP) is 5.50. The van der Waals surface area contributed by atoms with E-state index in [0.29, 0.717) is 6.04 Å². The molecule has 0 fully saturated rings. The molecular weight excluding hydrogens is 394 g/mol. The fourth-order valence-corrected chi connectivity index (χ4v) is 5.66. The molecule has 0 aromatic carbocycles. The quantitative estimate of drug-likeness (QED) is 0.709. The number of halogens is 2. The Morgan fingerprint density at radius 3 is 3.06 bits per heavy atom.